The molecule has 1 aromatic carbocycles. The minimum Gasteiger partial charge on any atom is -0.426 e. The number of halogens is 1. The zero-order valence-corrected chi connectivity index (χ0v) is 11.5. The van der Waals surface area contributed by atoms with Crippen molar-refractivity contribution in [2.45, 2.75) is 19.3 Å². The van der Waals surface area contributed by atoms with E-state index >= 15 is 0 Å². The Hall–Kier alpha value is -2.07. The number of benzene rings is 1. The third-order valence-corrected chi connectivity index (χ3v) is 3.60. The number of aromatic amines is 1. The molecule has 2 heterocycles. The molecular formula is C15H12ClNO3. The Kier molecular flexibility index (Phi) is 3.10. The molecule has 0 bridgehead atoms. The molecule has 3 rings (SSSR count). The van der Waals surface area contributed by atoms with Crippen molar-refractivity contribution in [3.63, 3.8) is 0 Å². The first-order valence-electron chi connectivity index (χ1n) is 6.24. The van der Waals surface area contributed by atoms with Crippen molar-refractivity contribution >= 4 is 17.6 Å². The summed E-state index contributed by atoms with van der Waals surface area (Å²) in [4.78, 5) is 26.7. The average Bonchev–Trinajstić information content (AvgIpc) is 2.36. The van der Waals surface area contributed by atoms with Crippen LogP contribution >= 0.6 is 11.6 Å². The van der Waals surface area contributed by atoms with Gasteiger partial charge in [0.15, 0.2) is 0 Å². The van der Waals surface area contributed by atoms with Gasteiger partial charge in [-0.05, 0) is 24.6 Å². The Morgan fingerprint density at radius 3 is 2.85 bits per heavy atom. The van der Waals surface area contributed by atoms with Gasteiger partial charge in [0, 0.05) is 22.7 Å². The molecule has 2 aromatic rings. The third-order valence-electron chi connectivity index (χ3n) is 3.36. The number of H-pyrrole nitrogens is 1. The van der Waals surface area contributed by atoms with E-state index in [1.54, 1.807) is 31.2 Å². The fraction of sp³-hybridized carbons (Fsp3) is 0.200. The van der Waals surface area contributed by atoms with Crippen LogP contribution < -0.4 is 10.3 Å². The maximum absolute atomic E-state index is 12.2. The summed E-state index contributed by atoms with van der Waals surface area (Å²) < 4.78 is 5.18. The van der Waals surface area contributed by atoms with Crippen LogP contribution in [0, 0.1) is 6.92 Å². The standard InChI is InChI=1S/C15H12ClNO3/c1-8-5-12-14(15(19)17-8)11(7-13(18)20-12)9-3-2-4-10(16)6-9/h2-6,11H,7H2,1H3,(H,17,19)/t11-/m0/s1. The zero-order chi connectivity index (χ0) is 14.3. The SMILES string of the molecule is Cc1cc2c(c(=O)[nH]1)[C@H](c1cccc(Cl)c1)CC(=O)O2. The normalized spacial score (nSPS) is 17.5. The lowest BCUT2D eigenvalue weighted by Crippen LogP contribution is -2.28. The maximum atomic E-state index is 12.2. The molecule has 1 N–H and O–H groups in total. The van der Waals surface area contributed by atoms with Gasteiger partial charge in [0.05, 0.1) is 12.0 Å². The van der Waals surface area contributed by atoms with Crippen molar-refractivity contribution in [2.75, 3.05) is 0 Å². The van der Waals surface area contributed by atoms with Gasteiger partial charge in [0.1, 0.15) is 5.75 Å². The van der Waals surface area contributed by atoms with E-state index in [4.69, 9.17) is 16.3 Å². The minimum atomic E-state index is -0.340. The highest BCUT2D eigenvalue weighted by Crippen LogP contribution is 2.37. The molecule has 0 fully saturated rings. The van der Waals surface area contributed by atoms with Gasteiger partial charge in [0.25, 0.3) is 5.56 Å². The maximum Gasteiger partial charge on any atom is 0.312 e. The van der Waals surface area contributed by atoms with Crippen LogP contribution in [0.4, 0.5) is 0 Å². The number of ether oxygens (including phenoxy) is 1. The molecule has 20 heavy (non-hydrogen) atoms. The van der Waals surface area contributed by atoms with Crippen LogP contribution in [0.2, 0.25) is 5.02 Å². The van der Waals surface area contributed by atoms with Crippen LogP contribution in [0.15, 0.2) is 35.1 Å². The number of rotatable bonds is 1. The minimum absolute atomic E-state index is 0.138. The van der Waals surface area contributed by atoms with Crippen LogP contribution in [0.3, 0.4) is 0 Å². The van der Waals surface area contributed by atoms with Crippen molar-refractivity contribution in [1.29, 1.82) is 0 Å². The molecule has 1 aliphatic heterocycles. The van der Waals surface area contributed by atoms with Crippen LogP contribution in [0.1, 0.15) is 29.2 Å². The predicted molar refractivity (Wildman–Crippen MR) is 75.3 cm³/mol. The van der Waals surface area contributed by atoms with Gasteiger partial charge < -0.3 is 9.72 Å². The van der Waals surface area contributed by atoms with Crippen molar-refractivity contribution in [1.82, 2.24) is 4.98 Å². The van der Waals surface area contributed by atoms with E-state index in [-0.39, 0.29) is 23.9 Å². The molecule has 0 saturated carbocycles. The second kappa shape index (κ2) is 4.80. The predicted octanol–water partition coefficient (Wildman–Crippen LogP) is 2.78. The number of nitrogens with one attached hydrogen (secondary N) is 1. The van der Waals surface area contributed by atoms with Gasteiger partial charge in [-0.15, -0.1) is 0 Å². The van der Waals surface area contributed by atoms with E-state index in [1.165, 1.54) is 0 Å². The lowest BCUT2D eigenvalue weighted by molar-refractivity contribution is -0.135. The highest BCUT2D eigenvalue weighted by molar-refractivity contribution is 6.30. The van der Waals surface area contributed by atoms with Gasteiger partial charge >= 0.3 is 5.97 Å². The largest absolute Gasteiger partial charge is 0.426 e. The molecule has 1 aliphatic rings. The molecule has 0 aliphatic carbocycles. The molecule has 0 amide bonds. The van der Waals surface area contributed by atoms with Gasteiger partial charge in [-0.25, -0.2) is 0 Å². The lowest BCUT2D eigenvalue weighted by Gasteiger charge is -2.24. The summed E-state index contributed by atoms with van der Waals surface area (Å²) in [6.07, 6.45) is 0.138. The Balaban J connectivity index is 2.20. The quantitative estimate of drug-likeness (QED) is 0.821. The van der Waals surface area contributed by atoms with E-state index in [0.29, 0.717) is 22.0 Å². The Bertz CT molecular complexity index is 751. The van der Waals surface area contributed by atoms with Gasteiger partial charge in [-0.3, -0.25) is 9.59 Å². The number of carbonyl (C=O) groups excluding carboxylic acids is 1. The van der Waals surface area contributed by atoms with E-state index < -0.39 is 0 Å². The number of aryl methyl sites for hydroxylation is 1. The van der Waals surface area contributed by atoms with Crippen molar-refractivity contribution in [3.05, 3.63) is 62.5 Å². The summed E-state index contributed by atoms with van der Waals surface area (Å²) in [5, 5.41) is 0.575. The third kappa shape index (κ3) is 2.23. The smallest absolute Gasteiger partial charge is 0.312 e. The first kappa shape index (κ1) is 12.9. The Morgan fingerprint density at radius 2 is 2.10 bits per heavy atom. The number of pyridine rings is 1. The van der Waals surface area contributed by atoms with Crippen molar-refractivity contribution < 1.29 is 9.53 Å². The molecule has 0 unspecified atom stereocenters. The molecule has 1 atom stereocenters. The zero-order valence-electron chi connectivity index (χ0n) is 10.8. The van der Waals surface area contributed by atoms with Gasteiger partial charge in [-0.1, -0.05) is 23.7 Å². The molecule has 102 valence electrons. The Labute approximate surface area is 120 Å². The second-order valence-electron chi connectivity index (χ2n) is 4.85. The van der Waals surface area contributed by atoms with Crippen LogP contribution in [-0.4, -0.2) is 11.0 Å². The number of fused-ring (bicyclic) bond motifs is 1. The van der Waals surface area contributed by atoms with E-state index in [1.807, 2.05) is 6.07 Å². The summed E-state index contributed by atoms with van der Waals surface area (Å²) in [5.74, 6) is -0.325. The van der Waals surface area contributed by atoms with E-state index in [9.17, 15) is 9.59 Å². The number of aromatic nitrogens is 1. The molecule has 0 radical (unpaired) electrons. The monoisotopic (exact) mass is 289 g/mol. The number of carbonyl (C=O) groups is 1. The van der Waals surface area contributed by atoms with Crippen LogP contribution in [0.5, 0.6) is 5.75 Å². The average molecular weight is 290 g/mol. The number of hydrogen-bond donors (Lipinski definition) is 1. The van der Waals surface area contributed by atoms with Crippen molar-refractivity contribution in [3.8, 4) is 5.75 Å². The first-order chi connectivity index (χ1) is 9.54. The van der Waals surface area contributed by atoms with Crippen LogP contribution in [0.25, 0.3) is 0 Å². The highest BCUT2D eigenvalue weighted by atomic mass is 35.5. The van der Waals surface area contributed by atoms with Crippen LogP contribution in [-0.2, 0) is 4.79 Å². The van der Waals surface area contributed by atoms with E-state index in [2.05, 4.69) is 4.98 Å². The molecule has 0 saturated heterocycles. The highest BCUT2D eigenvalue weighted by Gasteiger charge is 2.31. The summed E-state index contributed by atoms with van der Waals surface area (Å²) in [7, 11) is 0. The van der Waals surface area contributed by atoms with Gasteiger partial charge in [0.2, 0.25) is 0 Å². The fourth-order valence-corrected chi connectivity index (χ4v) is 2.72. The fourth-order valence-electron chi connectivity index (χ4n) is 2.52. The molecule has 1 aromatic heterocycles. The summed E-state index contributed by atoms with van der Waals surface area (Å²) in [6, 6.07) is 8.86. The number of hydrogen-bond acceptors (Lipinski definition) is 3. The first-order valence-corrected chi connectivity index (χ1v) is 6.62. The lowest BCUT2D eigenvalue weighted by atomic mass is 9.87. The summed E-state index contributed by atoms with van der Waals surface area (Å²) >= 11 is 5.99. The topological polar surface area (TPSA) is 59.2 Å². The summed E-state index contributed by atoms with van der Waals surface area (Å²) in [5.41, 5.74) is 1.76. The Morgan fingerprint density at radius 1 is 1.30 bits per heavy atom. The molecule has 0 spiro atoms. The molecular weight excluding hydrogens is 278 g/mol. The molecule has 4 nitrogen and oxygen atoms in total. The second-order valence-corrected chi connectivity index (χ2v) is 5.28. The molecule has 5 heteroatoms. The van der Waals surface area contributed by atoms with E-state index in [0.717, 1.165) is 5.56 Å². The van der Waals surface area contributed by atoms with Gasteiger partial charge in [-0.2, -0.15) is 0 Å². The summed E-state index contributed by atoms with van der Waals surface area (Å²) in [6.45, 7) is 1.75. The van der Waals surface area contributed by atoms with Crippen molar-refractivity contribution in [2.24, 2.45) is 0 Å². The number of esters is 1.